The highest BCUT2D eigenvalue weighted by Crippen LogP contribution is 2.71. The van der Waals surface area contributed by atoms with Crippen molar-refractivity contribution in [1.82, 2.24) is 0 Å². The monoisotopic (exact) mass is 280 g/mol. The van der Waals surface area contributed by atoms with E-state index in [1.807, 2.05) is 0 Å². The second kappa shape index (κ2) is 4.46. The van der Waals surface area contributed by atoms with Gasteiger partial charge in [0.2, 0.25) is 0 Å². The third-order valence-corrected chi connectivity index (χ3v) is 6.71. The van der Waals surface area contributed by atoms with Gasteiger partial charge < -0.3 is 9.84 Å². The van der Waals surface area contributed by atoms with Crippen LogP contribution in [-0.4, -0.2) is 23.3 Å². The Labute approximate surface area is 122 Å². The summed E-state index contributed by atoms with van der Waals surface area (Å²) in [5.74, 6) is 2.84. The molecule has 0 heterocycles. The van der Waals surface area contributed by atoms with Crippen molar-refractivity contribution in [2.75, 3.05) is 6.61 Å². The first kappa shape index (κ1) is 14.4. The Kier molecular flexibility index (Phi) is 3.20. The van der Waals surface area contributed by atoms with Crippen molar-refractivity contribution in [2.45, 2.75) is 59.0 Å². The van der Waals surface area contributed by atoms with Gasteiger partial charge in [-0.2, -0.15) is 0 Å². The maximum absolute atomic E-state index is 11.1. The summed E-state index contributed by atoms with van der Waals surface area (Å²) in [6.07, 6.45) is 4.16. The highest BCUT2D eigenvalue weighted by Gasteiger charge is 2.67. The van der Waals surface area contributed by atoms with E-state index in [0.29, 0.717) is 23.2 Å². The molecular weight excluding hydrogens is 252 g/mol. The maximum atomic E-state index is 11.1. The van der Waals surface area contributed by atoms with E-state index in [-0.39, 0.29) is 12.6 Å². The van der Waals surface area contributed by atoms with Gasteiger partial charge in [0.25, 0.3) is 0 Å². The molecule has 3 aliphatic carbocycles. The van der Waals surface area contributed by atoms with Crippen LogP contribution >= 0.6 is 0 Å². The number of ether oxygens (including phenoxy) is 1. The smallest absolute Gasteiger partial charge is 0.302 e. The summed E-state index contributed by atoms with van der Waals surface area (Å²) in [6.45, 7) is 8.74. The van der Waals surface area contributed by atoms with Gasteiger partial charge in [0, 0.05) is 6.92 Å². The van der Waals surface area contributed by atoms with Gasteiger partial charge in [-0.15, -0.1) is 0 Å². The van der Waals surface area contributed by atoms with E-state index in [0.717, 1.165) is 31.1 Å². The molecule has 3 nitrogen and oxygen atoms in total. The van der Waals surface area contributed by atoms with E-state index in [4.69, 9.17) is 4.74 Å². The minimum absolute atomic E-state index is 0.191. The van der Waals surface area contributed by atoms with Gasteiger partial charge in [0.1, 0.15) is 12.2 Å². The summed E-state index contributed by atoms with van der Waals surface area (Å²) < 4.78 is 5.20. The highest BCUT2D eigenvalue weighted by atomic mass is 16.5. The summed E-state index contributed by atoms with van der Waals surface area (Å²) in [6, 6.07) is 0. The summed E-state index contributed by atoms with van der Waals surface area (Å²) in [7, 11) is 0. The van der Waals surface area contributed by atoms with Crippen LogP contribution in [0.2, 0.25) is 0 Å². The van der Waals surface area contributed by atoms with E-state index < -0.39 is 5.60 Å². The quantitative estimate of drug-likeness (QED) is 0.791. The molecule has 0 aromatic carbocycles. The van der Waals surface area contributed by atoms with Crippen LogP contribution in [0.4, 0.5) is 0 Å². The minimum Gasteiger partial charge on any atom is -0.463 e. The second-order valence-electron chi connectivity index (χ2n) is 8.11. The largest absolute Gasteiger partial charge is 0.463 e. The van der Waals surface area contributed by atoms with Crippen molar-refractivity contribution in [3.8, 4) is 0 Å². The lowest BCUT2D eigenvalue weighted by atomic mass is 9.74. The lowest BCUT2D eigenvalue weighted by Crippen LogP contribution is -2.45. The lowest BCUT2D eigenvalue weighted by molar-refractivity contribution is -0.155. The molecule has 3 saturated carbocycles. The van der Waals surface area contributed by atoms with E-state index in [9.17, 15) is 9.90 Å². The van der Waals surface area contributed by atoms with Crippen LogP contribution in [-0.2, 0) is 9.53 Å². The van der Waals surface area contributed by atoms with Gasteiger partial charge >= 0.3 is 5.97 Å². The van der Waals surface area contributed by atoms with Crippen LogP contribution in [0.3, 0.4) is 0 Å². The van der Waals surface area contributed by atoms with Crippen LogP contribution in [0.1, 0.15) is 53.4 Å². The van der Waals surface area contributed by atoms with Crippen LogP contribution in [0.5, 0.6) is 0 Å². The lowest BCUT2D eigenvalue weighted by Gasteiger charge is -2.37. The summed E-state index contributed by atoms with van der Waals surface area (Å²) >= 11 is 0. The molecule has 0 radical (unpaired) electrons. The Hall–Kier alpha value is -0.570. The Morgan fingerprint density at radius 3 is 2.60 bits per heavy atom. The fraction of sp³-hybridized carbons (Fsp3) is 0.941. The molecule has 3 heteroatoms. The SMILES string of the molecule is CC(=O)OCC1(O)CCC2C(C3C(C)CCC31)C2(C)C. The molecule has 20 heavy (non-hydrogen) atoms. The molecule has 0 spiro atoms. The van der Waals surface area contributed by atoms with Gasteiger partial charge in [-0.05, 0) is 54.3 Å². The van der Waals surface area contributed by atoms with Crippen molar-refractivity contribution < 1.29 is 14.6 Å². The maximum Gasteiger partial charge on any atom is 0.302 e. The van der Waals surface area contributed by atoms with Crippen molar-refractivity contribution in [2.24, 2.45) is 35.0 Å². The van der Waals surface area contributed by atoms with Gasteiger partial charge in [0.15, 0.2) is 0 Å². The molecule has 114 valence electrons. The first-order valence-electron chi connectivity index (χ1n) is 8.13. The Bertz CT molecular complexity index is 416. The Morgan fingerprint density at radius 1 is 1.25 bits per heavy atom. The third-order valence-electron chi connectivity index (χ3n) is 6.71. The van der Waals surface area contributed by atoms with Crippen LogP contribution in [0.25, 0.3) is 0 Å². The molecule has 0 aliphatic heterocycles. The molecule has 0 saturated heterocycles. The number of esters is 1. The molecule has 0 aromatic rings. The van der Waals surface area contributed by atoms with Gasteiger partial charge in [-0.1, -0.05) is 27.2 Å². The van der Waals surface area contributed by atoms with Gasteiger partial charge in [0.05, 0.1) is 0 Å². The molecule has 3 rings (SSSR count). The molecule has 0 bridgehead atoms. The van der Waals surface area contributed by atoms with E-state index in [2.05, 4.69) is 20.8 Å². The average molecular weight is 280 g/mol. The fourth-order valence-corrected chi connectivity index (χ4v) is 5.55. The average Bonchev–Trinajstić information content (AvgIpc) is 2.73. The minimum atomic E-state index is -0.787. The predicted octanol–water partition coefficient (Wildman–Crippen LogP) is 3.01. The number of rotatable bonds is 2. The molecular formula is C17H28O3. The standard InChI is InChI=1S/C17H28O3/c1-10-5-6-12-14(10)15-13(16(15,3)4)7-8-17(12,19)9-20-11(2)18/h10,12-15,19H,5-9H2,1-4H3. The first-order chi connectivity index (χ1) is 9.27. The van der Waals surface area contributed by atoms with Crippen molar-refractivity contribution >= 4 is 5.97 Å². The van der Waals surface area contributed by atoms with E-state index in [1.54, 1.807) is 0 Å². The number of fused-ring (bicyclic) bond motifs is 3. The summed E-state index contributed by atoms with van der Waals surface area (Å²) in [4.78, 5) is 11.1. The molecule has 6 atom stereocenters. The number of carbonyl (C=O) groups is 1. The zero-order valence-corrected chi connectivity index (χ0v) is 13.2. The number of aliphatic hydroxyl groups is 1. The van der Waals surface area contributed by atoms with Gasteiger partial charge in [-0.25, -0.2) is 0 Å². The van der Waals surface area contributed by atoms with Crippen molar-refractivity contribution in [1.29, 1.82) is 0 Å². The van der Waals surface area contributed by atoms with Gasteiger partial charge in [-0.3, -0.25) is 4.79 Å². The molecule has 0 amide bonds. The first-order valence-corrected chi connectivity index (χ1v) is 8.13. The number of hydrogen-bond donors (Lipinski definition) is 1. The Balaban J connectivity index is 1.84. The molecule has 3 fully saturated rings. The number of hydrogen-bond acceptors (Lipinski definition) is 3. The fourth-order valence-electron chi connectivity index (χ4n) is 5.55. The van der Waals surface area contributed by atoms with Crippen LogP contribution < -0.4 is 0 Å². The molecule has 6 unspecified atom stereocenters. The highest BCUT2D eigenvalue weighted by molar-refractivity contribution is 5.65. The van der Waals surface area contributed by atoms with E-state index >= 15 is 0 Å². The Morgan fingerprint density at radius 2 is 1.95 bits per heavy atom. The summed E-state index contributed by atoms with van der Waals surface area (Å²) in [5, 5.41) is 11.1. The van der Waals surface area contributed by atoms with Crippen molar-refractivity contribution in [3.05, 3.63) is 0 Å². The predicted molar refractivity (Wildman–Crippen MR) is 77.0 cm³/mol. The van der Waals surface area contributed by atoms with Crippen molar-refractivity contribution in [3.63, 3.8) is 0 Å². The zero-order valence-electron chi connectivity index (χ0n) is 13.2. The van der Waals surface area contributed by atoms with E-state index in [1.165, 1.54) is 13.3 Å². The molecule has 0 aromatic heterocycles. The second-order valence-corrected chi connectivity index (χ2v) is 8.11. The van der Waals surface area contributed by atoms with Crippen LogP contribution in [0, 0.1) is 35.0 Å². The summed E-state index contributed by atoms with van der Waals surface area (Å²) in [5.41, 5.74) is -0.338. The molecule has 1 N–H and O–H groups in total. The molecule has 3 aliphatic rings. The normalized spacial score (nSPS) is 49.0. The number of carbonyl (C=O) groups excluding carboxylic acids is 1. The van der Waals surface area contributed by atoms with Crippen LogP contribution in [0.15, 0.2) is 0 Å². The third kappa shape index (κ3) is 2.01. The topological polar surface area (TPSA) is 46.5 Å². The zero-order chi connectivity index (χ0) is 14.7.